The minimum Gasteiger partial charge on any atom is -0.490 e. The van der Waals surface area contributed by atoms with Crippen molar-refractivity contribution in [2.75, 3.05) is 24.3 Å². The number of nitrogens with one attached hydrogen (secondary N) is 1. The van der Waals surface area contributed by atoms with E-state index >= 15 is 0 Å². The molecule has 0 atom stereocenters. The molecule has 0 aromatic heterocycles. The van der Waals surface area contributed by atoms with Crippen molar-refractivity contribution >= 4 is 29.3 Å². The molecule has 0 aliphatic carbocycles. The summed E-state index contributed by atoms with van der Waals surface area (Å²) in [5.41, 5.74) is 2.23. The third kappa shape index (κ3) is 5.65. The van der Waals surface area contributed by atoms with E-state index in [-0.39, 0.29) is 12.3 Å². The molecule has 0 saturated heterocycles. The quantitative estimate of drug-likeness (QED) is 0.703. The van der Waals surface area contributed by atoms with E-state index in [9.17, 15) is 9.59 Å². The van der Waals surface area contributed by atoms with Crippen LogP contribution in [0.4, 0.5) is 5.69 Å². The van der Waals surface area contributed by atoms with Gasteiger partial charge in [-0.25, -0.2) is 0 Å². The zero-order chi connectivity index (χ0) is 19.1. The summed E-state index contributed by atoms with van der Waals surface area (Å²) in [6.45, 7) is 1.18. The normalized spacial score (nSPS) is 12.9. The number of fused-ring (bicyclic) bond motifs is 1. The number of carbonyl (C=O) groups excluding carboxylic acids is 1. The van der Waals surface area contributed by atoms with E-state index in [2.05, 4.69) is 5.32 Å². The Morgan fingerprint density at radius 2 is 1.89 bits per heavy atom. The molecule has 6 nitrogen and oxygen atoms in total. The van der Waals surface area contributed by atoms with Gasteiger partial charge in [-0.2, -0.15) is 11.8 Å². The van der Waals surface area contributed by atoms with Crippen LogP contribution in [-0.2, 0) is 10.5 Å². The zero-order valence-corrected chi connectivity index (χ0v) is 15.6. The molecule has 0 fully saturated rings. The maximum atomic E-state index is 12.6. The van der Waals surface area contributed by atoms with Gasteiger partial charge in [0.1, 0.15) is 0 Å². The average molecular weight is 387 g/mol. The molecule has 1 amide bonds. The van der Waals surface area contributed by atoms with E-state index in [0.29, 0.717) is 47.5 Å². The van der Waals surface area contributed by atoms with Crippen LogP contribution in [0.25, 0.3) is 0 Å². The summed E-state index contributed by atoms with van der Waals surface area (Å²) in [7, 11) is 0. The van der Waals surface area contributed by atoms with Crippen LogP contribution in [0.15, 0.2) is 42.5 Å². The van der Waals surface area contributed by atoms with Gasteiger partial charge in [0.15, 0.2) is 11.5 Å². The van der Waals surface area contributed by atoms with Crippen LogP contribution in [0.3, 0.4) is 0 Å². The second-order valence-corrected chi connectivity index (χ2v) is 7.17. The van der Waals surface area contributed by atoms with E-state index in [0.717, 1.165) is 12.0 Å². The van der Waals surface area contributed by atoms with Crippen molar-refractivity contribution in [3.63, 3.8) is 0 Å². The van der Waals surface area contributed by atoms with Crippen molar-refractivity contribution in [1.29, 1.82) is 0 Å². The summed E-state index contributed by atoms with van der Waals surface area (Å²) in [4.78, 5) is 23.1. The molecule has 0 saturated carbocycles. The highest BCUT2D eigenvalue weighted by Gasteiger charge is 2.14. The summed E-state index contributed by atoms with van der Waals surface area (Å²) < 4.78 is 11.2. The van der Waals surface area contributed by atoms with Crippen LogP contribution in [0.5, 0.6) is 11.5 Å². The second kappa shape index (κ2) is 9.32. The van der Waals surface area contributed by atoms with Gasteiger partial charge in [0.05, 0.1) is 19.6 Å². The lowest BCUT2D eigenvalue weighted by Gasteiger charge is -2.10. The van der Waals surface area contributed by atoms with Crippen LogP contribution in [0.1, 0.15) is 28.8 Å². The van der Waals surface area contributed by atoms with Crippen LogP contribution in [-0.4, -0.2) is 35.9 Å². The highest BCUT2D eigenvalue weighted by Crippen LogP contribution is 2.30. The molecule has 2 aromatic rings. The predicted octanol–water partition coefficient (Wildman–Crippen LogP) is 3.81. The number of hydrogen-bond acceptors (Lipinski definition) is 5. The lowest BCUT2D eigenvalue weighted by Crippen LogP contribution is -2.12. The number of rotatable bonds is 7. The fraction of sp³-hybridized carbons (Fsp3) is 0.300. The number of carboxylic acids is 1. The van der Waals surface area contributed by atoms with Gasteiger partial charge in [0, 0.05) is 29.2 Å². The number of amides is 1. The van der Waals surface area contributed by atoms with Crippen LogP contribution in [0.2, 0.25) is 0 Å². The smallest absolute Gasteiger partial charge is 0.304 e. The maximum absolute atomic E-state index is 12.6. The van der Waals surface area contributed by atoms with Crippen molar-refractivity contribution in [1.82, 2.24) is 0 Å². The Balaban J connectivity index is 1.61. The Morgan fingerprint density at radius 1 is 1.07 bits per heavy atom. The lowest BCUT2D eigenvalue weighted by atomic mass is 10.1. The maximum Gasteiger partial charge on any atom is 0.304 e. The van der Waals surface area contributed by atoms with Crippen molar-refractivity contribution in [3.05, 3.63) is 53.6 Å². The first-order valence-electron chi connectivity index (χ1n) is 8.71. The first kappa shape index (κ1) is 19.1. The van der Waals surface area contributed by atoms with Crippen molar-refractivity contribution in [2.45, 2.75) is 18.6 Å². The van der Waals surface area contributed by atoms with Gasteiger partial charge in [0.25, 0.3) is 5.91 Å². The summed E-state index contributed by atoms with van der Waals surface area (Å²) in [5, 5.41) is 11.6. The van der Waals surface area contributed by atoms with E-state index in [1.165, 1.54) is 0 Å². The molecule has 0 radical (unpaired) electrons. The number of anilines is 1. The molecular weight excluding hydrogens is 366 g/mol. The van der Waals surface area contributed by atoms with Gasteiger partial charge >= 0.3 is 5.97 Å². The molecule has 7 heteroatoms. The minimum atomic E-state index is -0.793. The topological polar surface area (TPSA) is 84.9 Å². The highest BCUT2D eigenvalue weighted by atomic mass is 32.2. The van der Waals surface area contributed by atoms with Crippen molar-refractivity contribution in [3.8, 4) is 11.5 Å². The van der Waals surface area contributed by atoms with Gasteiger partial charge in [0.2, 0.25) is 0 Å². The molecular formula is C20H21NO5S. The van der Waals surface area contributed by atoms with E-state index in [1.54, 1.807) is 30.0 Å². The largest absolute Gasteiger partial charge is 0.490 e. The van der Waals surface area contributed by atoms with Gasteiger partial charge in [-0.3, -0.25) is 9.59 Å². The molecule has 142 valence electrons. The first-order valence-corrected chi connectivity index (χ1v) is 9.87. The average Bonchev–Trinajstić information content (AvgIpc) is 2.90. The second-order valence-electron chi connectivity index (χ2n) is 6.06. The van der Waals surface area contributed by atoms with Crippen LogP contribution >= 0.6 is 11.8 Å². The molecule has 27 heavy (non-hydrogen) atoms. The van der Waals surface area contributed by atoms with Crippen molar-refractivity contribution < 1.29 is 24.2 Å². The fourth-order valence-electron chi connectivity index (χ4n) is 2.60. The fourth-order valence-corrected chi connectivity index (χ4v) is 3.47. The molecule has 0 unspecified atom stereocenters. The molecule has 2 N–H and O–H groups in total. The van der Waals surface area contributed by atoms with Gasteiger partial charge in [-0.1, -0.05) is 12.1 Å². The summed E-state index contributed by atoms with van der Waals surface area (Å²) >= 11 is 1.55. The van der Waals surface area contributed by atoms with Crippen LogP contribution in [0, 0.1) is 0 Å². The number of carboxylic acid groups (broad SMARTS) is 1. The van der Waals surface area contributed by atoms with Gasteiger partial charge in [-0.05, 0) is 35.9 Å². The van der Waals surface area contributed by atoms with E-state index in [4.69, 9.17) is 14.6 Å². The Kier molecular flexibility index (Phi) is 6.59. The number of ether oxygens (including phenoxy) is 2. The first-order chi connectivity index (χ1) is 13.1. The lowest BCUT2D eigenvalue weighted by molar-refractivity contribution is -0.136. The zero-order valence-electron chi connectivity index (χ0n) is 14.8. The van der Waals surface area contributed by atoms with E-state index < -0.39 is 5.97 Å². The van der Waals surface area contributed by atoms with Gasteiger partial charge < -0.3 is 19.9 Å². The Labute approximate surface area is 161 Å². The Bertz CT molecular complexity index is 824. The Morgan fingerprint density at radius 3 is 2.70 bits per heavy atom. The number of benzene rings is 2. The van der Waals surface area contributed by atoms with Gasteiger partial charge in [-0.15, -0.1) is 0 Å². The third-order valence-electron chi connectivity index (χ3n) is 3.92. The van der Waals surface area contributed by atoms with E-state index in [1.807, 2.05) is 24.3 Å². The molecule has 0 bridgehead atoms. The highest BCUT2D eigenvalue weighted by molar-refractivity contribution is 7.98. The molecule has 1 heterocycles. The summed E-state index contributed by atoms with van der Waals surface area (Å²) in [5.74, 6) is 1.48. The summed E-state index contributed by atoms with van der Waals surface area (Å²) in [6, 6.07) is 12.7. The molecule has 2 aromatic carbocycles. The Hall–Kier alpha value is -2.67. The molecule has 1 aliphatic rings. The standard InChI is InChI=1S/C20H21NO5S/c22-19(23)7-10-27-13-14-3-1-4-16(11-14)21-20(24)15-5-6-17-18(12-15)26-9-2-8-25-17/h1,3-6,11-12H,2,7-10,13H2,(H,21,24)(H,22,23). The monoisotopic (exact) mass is 387 g/mol. The van der Waals surface area contributed by atoms with Crippen LogP contribution < -0.4 is 14.8 Å². The summed E-state index contributed by atoms with van der Waals surface area (Å²) in [6.07, 6.45) is 0.957. The minimum absolute atomic E-state index is 0.144. The molecule has 1 aliphatic heterocycles. The predicted molar refractivity (Wildman–Crippen MR) is 105 cm³/mol. The number of aliphatic carboxylic acids is 1. The number of carbonyl (C=O) groups is 2. The third-order valence-corrected chi connectivity index (χ3v) is 4.95. The number of hydrogen-bond donors (Lipinski definition) is 2. The molecule has 0 spiro atoms. The molecule has 3 rings (SSSR count). The number of thioether (sulfide) groups is 1. The SMILES string of the molecule is O=C(O)CCSCc1cccc(NC(=O)c2ccc3c(c2)OCCCO3)c1. The van der Waals surface area contributed by atoms with Crippen molar-refractivity contribution in [2.24, 2.45) is 0 Å².